The summed E-state index contributed by atoms with van der Waals surface area (Å²) >= 11 is 0. The van der Waals surface area contributed by atoms with E-state index in [2.05, 4.69) is 29.3 Å². The highest BCUT2D eigenvalue weighted by molar-refractivity contribution is 14.0. The van der Waals surface area contributed by atoms with Crippen LogP contribution in [0.2, 0.25) is 0 Å². The van der Waals surface area contributed by atoms with Crippen molar-refractivity contribution in [1.82, 2.24) is 20.0 Å². The summed E-state index contributed by atoms with van der Waals surface area (Å²) in [6.07, 6.45) is 2.00. The van der Waals surface area contributed by atoms with Gasteiger partial charge in [0, 0.05) is 44.5 Å². The van der Waals surface area contributed by atoms with Gasteiger partial charge < -0.3 is 10.2 Å². The highest BCUT2D eigenvalue weighted by Gasteiger charge is 2.15. The Labute approximate surface area is 176 Å². The van der Waals surface area contributed by atoms with Crippen molar-refractivity contribution in [3.8, 4) is 0 Å². The number of rotatable bonds is 6. The Balaban J connectivity index is 0.00000364. The molecule has 0 aliphatic rings. The summed E-state index contributed by atoms with van der Waals surface area (Å²) < 4.78 is 29.0. The molecule has 1 N–H and O–H groups in total. The molecule has 5 nitrogen and oxygen atoms in total. The maximum absolute atomic E-state index is 13.8. The van der Waals surface area contributed by atoms with Crippen molar-refractivity contribution in [3.63, 3.8) is 0 Å². The largest absolute Gasteiger partial charge is 0.357 e. The number of aliphatic imine (C=N–C) groups is 1. The average molecular weight is 491 g/mol. The minimum atomic E-state index is -0.466. The first-order valence-corrected chi connectivity index (χ1v) is 8.77. The Hall–Kier alpha value is -1.71. The van der Waals surface area contributed by atoms with Gasteiger partial charge in [0.05, 0.1) is 12.2 Å². The van der Waals surface area contributed by atoms with E-state index in [1.807, 2.05) is 36.8 Å². The van der Waals surface area contributed by atoms with Crippen molar-refractivity contribution in [2.75, 3.05) is 13.6 Å². The van der Waals surface area contributed by atoms with Gasteiger partial charge in [-0.15, -0.1) is 24.0 Å². The lowest BCUT2D eigenvalue weighted by molar-refractivity contribution is 0.473. The molecule has 0 unspecified atom stereocenters. The molecule has 1 heterocycles. The number of hydrogen-bond donors (Lipinski definition) is 1. The SMILES string of the molecule is CCNC(=NCc1cc(F)ccc1F)N(C)Cc1cn(C)nc1C(C)C.I. The smallest absolute Gasteiger partial charge is 0.194 e. The van der Waals surface area contributed by atoms with Crippen molar-refractivity contribution in [2.45, 2.75) is 39.8 Å². The van der Waals surface area contributed by atoms with Crippen LogP contribution in [0.5, 0.6) is 0 Å². The topological polar surface area (TPSA) is 45.5 Å². The molecule has 0 fully saturated rings. The second-order valence-electron chi connectivity index (χ2n) is 6.63. The quantitative estimate of drug-likeness (QED) is 0.377. The van der Waals surface area contributed by atoms with Gasteiger partial charge in [-0.05, 0) is 31.0 Å². The monoisotopic (exact) mass is 491 g/mol. The lowest BCUT2D eigenvalue weighted by atomic mass is 10.1. The first-order valence-electron chi connectivity index (χ1n) is 8.77. The van der Waals surface area contributed by atoms with E-state index < -0.39 is 11.6 Å². The third-order valence-corrected chi connectivity index (χ3v) is 3.99. The minimum absolute atomic E-state index is 0. The molecule has 150 valence electrons. The van der Waals surface area contributed by atoms with Crippen molar-refractivity contribution in [2.24, 2.45) is 12.0 Å². The summed E-state index contributed by atoms with van der Waals surface area (Å²) in [6.45, 7) is 7.56. The molecule has 1 aromatic heterocycles. The van der Waals surface area contributed by atoms with Gasteiger partial charge in [-0.3, -0.25) is 4.68 Å². The zero-order chi connectivity index (χ0) is 19.3. The minimum Gasteiger partial charge on any atom is -0.357 e. The average Bonchev–Trinajstić information content (AvgIpc) is 2.94. The van der Waals surface area contributed by atoms with E-state index in [0.717, 1.165) is 23.4 Å². The van der Waals surface area contributed by atoms with Gasteiger partial charge in [0.2, 0.25) is 0 Å². The molecule has 0 bridgehead atoms. The molecule has 0 saturated carbocycles. The summed E-state index contributed by atoms with van der Waals surface area (Å²) in [4.78, 5) is 6.42. The van der Waals surface area contributed by atoms with Crippen LogP contribution in [0.15, 0.2) is 29.4 Å². The molecular formula is C19H28F2IN5. The lowest BCUT2D eigenvalue weighted by Crippen LogP contribution is -2.38. The summed E-state index contributed by atoms with van der Waals surface area (Å²) in [6, 6.07) is 3.41. The van der Waals surface area contributed by atoms with Gasteiger partial charge in [0.1, 0.15) is 11.6 Å². The van der Waals surface area contributed by atoms with E-state index in [1.54, 1.807) is 0 Å². The van der Waals surface area contributed by atoms with Crippen LogP contribution in [0.4, 0.5) is 8.78 Å². The molecule has 0 spiro atoms. The van der Waals surface area contributed by atoms with Gasteiger partial charge >= 0.3 is 0 Å². The molecule has 8 heteroatoms. The van der Waals surface area contributed by atoms with E-state index in [9.17, 15) is 8.78 Å². The number of guanidine groups is 1. The van der Waals surface area contributed by atoms with Crippen LogP contribution >= 0.6 is 24.0 Å². The first kappa shape index (κ1) is 23.3. The number of hydrogen-bond acceptors (Lipinski definition) is 2. The maximum atomic E-state index is 13.8. The third-order valence-electron chi connectivity index (χ3n) is 3.99. The fourth-order valence-corrected chi connectivity index (χ4v) is 2.79. The Bertz CT molecular complexity index is 773. The molecule has 0 radical (unpaired) electrons. The van der Waals surface area contributed by atoms with Crippen LogP contribution < -0.4 is 5.32 Å². The number of nitrogens with one attached hydrogen (secondary N) is 1. The molecule has 2 aromatic rings. The van der Waals surface area contributed by atoms with Crippen LogP contribution in [0.25, 0.3) is 0 Å². The number of aryl methyl sites for hydroxylation is 1. The van der Waals surface area contributed by atoms with Crippen molar-refractivity contribution >= 4 is 29.9 Å². The van der Waals surface area contributed by atoms with Gasteiger partial charge in [-0.2, -0.15) is 5.10 Å². The normalized spacial score (nSPS) is 11.5. The van der Waals surface area contributed by atoms with Crippen molar-refractivity contribution < 1.29 is 8.78 Å². The molecule has 27 heavy (non-hydrogen) atoms. The molecule has 0 atom stereocenters. The third kappa shape index (κ3) is 6.44. The first-order chi connectivity index (χ1) is 12.3. The Morgan fingerprint density at radius 2 is 2.00 bits per heavy atom. The maximum Gasteiger partial charge on any atom is 0.194 e. The van der Waals surface area contributed by atoms with Crippen LogP contribution in [-0.2, 0) is 20.1 Å². The Morgan fingerprint density at radius 3 is 2.63 bits per heavy atom. The second kappa shape index (κ2) is 10.6. The highest BCUT2D eigenvalue weighted by atomic mass is 127. The predicted molar refractivity (Wildman–Crippen MR) is 115 cm³/mol. The van der Waals surface area contributed by atoms with Gasteiger partial charge in [0.15, 0.2) is 5.96 Å². The van der Waals surface area contributed by atoms with Gasteiger partial charge in [-0.1, -0.05) is 13.8 Å². The van der Waals surface area contributed by atoms with E-state index in [-0.39, 0.29) is 36.1 Å². The Kier molecular flexibility index (Phi) is 9.14. The number of aromatic nitrogens is 2. The number of halogens is 3. The van der Waals surface area contributed by atoms with Crippen LogP contribution in [0.1, 0.15) is 43.5 Å². The summed E-state index contributed by atoms with van der Waals surface area (Å²) in [7, 11) is 3.82. The Morgan fingerprint density at radius 1 is 1.30 bits per heavy atom. The molecule has 0 aliphatic carbocycles. The van der Waals surface area contributed by atoms with Crippen molar-refractivity contribution in [1.29, 1.82) is 0 Å². The molecular weight excluding hydrogens is 463 g/mol. The zero-order valence-electron chi connectivity index (χ0n) is 16.5. The molecule has 0 amide bonds. The fraction of sp³-hybridized carbons (Fsp3) is 0.474. The fourth-order valence-electron chi connectivity index (χ4n) is 2.79. The molecule has 2 rings (SSSR count). The van der Waals surface area contributed by atoms with E-state index in [1.165, 1.54) is 6.07 Å². The standard InChI is InChI=1S/C19H27F2N5.HI/c1-6-22-19(23-10-14-9-16(20)7-8-17(14)21)25(4)11-15-12-26(5)24-18(15)13(2)3;/h7-9,12-13H,6,10-11H2,1-5H3,(H,22,23);1H. The van der Waals surface area contributed by atoms with Crippen LogP contribution in [-0.4, -0.2) is 34.2 Å². The van der Waals surface area contributed by atoms with Gasteiger partial charge in [0.25, 0.3) is 0 Å². The number of benzene rings is 1. The highest BCUT2D eigenvalue weighted by Crippen LogP contribution is 2.19. The van der Waals surface area contributed by atoms with Crippen molar-refractivity contribution in [3.05, 3.63) is 52.9 Å². The summed E-state index contributed by atoms with van der Waals surface area (Å²) in [5.74, 6) is 0.0325. The second-order valence-corrected chi connectivity index (χ2v) is 6.63. The molecule has 0 saturated heterocycles. The lowest BCUT2D eigenvalue weighted by Gasteiger charge is -2.22. The van der Waals surface area contributed by atoms with E-state index >= 15 is 0 Å². The van der Waals surface area contributed by atoms with E-state index in [4.69, 9.17) is 0 Å². The van der Waals surface area contributed by atoms with Crippen LogP contribution in [0, 0.1) is 11.6 Å². The number of nitrogens with zero attached hydrogens (tertiary/aromatic N) is 4. The zero-order valence-corrected chi connectivity index (χ0v) is 18.8. The van der Waals surface area contributed by atoms with E-state index in [0.29, 0.717) is 25.0 Å². The molecule has 0 aliphatic heterocycles. The van der Waals surface area contributed by atoms with Crippen LogP contribution in [0.3, 0.4) is 0 Å². The van der Waals surface area contributed by atoms with Gasteiger partial charge in [-0.25, -0.2) is 13.8 Å². The summed E-state index contributed by atoms with van der Waals surface area (Å²) in [5.41, 5.74) is 2.40. The summed E-state index contributed by atoms with van der Waals surface area (Å²) in [5, 5.41) is 7.72. The molecule has 1 aromatic carbocycles. The predicted octanol–water partition coefficient (Wildman–Crippen LogP) is 4.04.